The molecule has 0 spiro atoms. The first-order valence-electron chi connectivity index (χ1n) is 9.34. The highest BCUT2D eigenvalue weighted by Crippen LogP contribution is 2.34. The van der Waals surface area contributed by atoms with Gasteiger partial charge in [-0.1, -0.05) is 70.9 Å². The smallest absolute Gasteiger partial charge is 0.323 e. The quantitative estimate of drug-likeness (QED) is 0.421. The molecule has 4 heteroatoms. The summed E-state index contributed by atoms with van der Waals surface area (Å²) < 4.78 is 11.0. The second-order valence-corrected chi connectivity index (χ2v) is 6.96. The van der Waals surface area contributed by atoms with E-state index in [1.165, 1.54) is 0 Å². The monoisotopic (exact) mass is 348 g/mol. The van der Waals surface area contributed by atoms with E-state index in [1.54, 1.807) is 0 Å². The van der Waals surface area contributed by atoms with Crippen LogP contribution in [0.15, 0.2) is 30.3 Å². The number of carbonyl (C=O) groups is 2. The number of esters is 2. The normalized spacial score (nSPS) is 11.4. The van der Waals surface area contributed by atoms with Crippen LogP contribution in [0.5, 0.6) is 0 Å². The van der Waals surface area contributed by atoms with Crippen molar-refractivity contribution < 1.29 is 19.1 Å². The SMILES string of the molecule is CCCC(CCC)(C(=O)OCCC(C)C)C(=O)OCc1ccccc1. The van der Waals surface area contributed by atoms with Crippen LogP contribution in [0, 0.1) is 11.3 Å². The van der Waals surface area contributed by atoms with E-state index in [2.05, 4.69) is 13.8 Å². The van der Waals surface area contributed by atoms with Crippen molar-refractivity contribution in [1.29, 1.82) is 0 Å². The number of rotatable bonds is 11. The van der Waals surface area contributed by atoms with Crippen LogP contribution in [-0.4, -0.2) is 18.5 Å². The number of hydrogen-bond donors (Lipinski definition) is 0. The van der Waals surface area contributed by atoms with Crippen LogP contribution in [0.1, 0.15) is 65.4 Å². The topological polar surface area (TPSA) is 52.6 Å². The van der Waals surface area contributed by atoms with E-state index in [9.17, 15) is 9.59 Å². The second kappa shape index (κ2) is 10.9. The highest BCUT2D eigenvalue weighted by atomic mass is 16.6. The molecule has 1 rings (SSSR count). The summed E-state index contributed by atoms with van der Waals surface area (Å²) in [4.78, 5) is 25.6. The maximum atomic E-state index is 12.8. The molecule has 0 saturated carbocycles. The summed E-state index contributed by atoms with van der Waals surface area (Å²) in [5, 5.41) is 0. The van der Waals surface area contributed by atoms with Crippen LogP contribution in [0.2, 0.25) is 0 Å². The maximum Gasteiger partial charge on any atom is 0.323 e. The zero-order chi connectivity index (χ0) is 18.7. The fraction of sp³-hybridized carbons (Fsp3) is 0.619. The summed E-state index contributed by atoms with van der Waals surface area (Å²) in [7, 11) is 0. The zero-order valence-electron chi connectivity index (χ0n) is 16.0. The van der Waals surface area contributed by atoms with E-state index in [0.717, 1.165) is 24.8 Å². The Morgan fingerprint density at radius 1 is 0.960 bits per heavy atom. The molecule has 0 atom stereocenters. The Morgan fingerprint density at radius 2 is 1.52 bits per heavy atom. The highest BCUT2D eigenvalue weighted by Gasteiger charge is 2.47. The first kappa shape index (κ1) is 21.2. The average molecular weight is 348 g/mol. The minimum atomic E-state index is -1.19. The molecule has 0 aliphatic carbocycles. The van der Waals surface area contributed by atoms with Crippen LogP contribution >= 0.6 is 0 Å². The lowest BCUT2D eigenvalue weighted by Gasteiger charge is -2.29. The minimum absolute atomic E-state index is 0.175. The molecular formula is C21H32O4. The van der Waals surface area contributed by atoms with Crippen molar-refractivity contribution in [1.82, 2.24) is 0 Å². The Bertz CT molecular complexity index is 516. The van der Waals surface area contributed by atoms with E-state index in [4.69, 9.17) is 9.47 Å². The number of ether oxygens (including phenoxy) is 2. The number of benzene rings is 1. The van der Waals surface area contributed by atoms with Crippen LogP contribution in [0.3, 0.4) is 0 Å². The van der Waals surface area contributed by atoms with Gasteiger partial charge < -0.3 is 9.47 Å². The third-order valence-corrected chi connectivity index (χ3v) is 4.28. The minimum Gasteiger partial charge on any atom is -0.465 e. The van der Waals surface area contributed by atoms with Crippen molar-refractivity contribution in [3.63, 3.8) is 0 Å². The molecular weight excluding hydrogens is 316 g/mol. The van der Waals surface area contributed by atoms with Crippen molar-refractivity contribution in [2.45, 2.75) is 66.4 Å². The Hall–Kier alpha value is -1.84. The first-order valence-corrected chi connectivity index (χ1v) is 9.34. The number of hydrogen-bond acceptors (Lipinski definition) is 4. The van der Waals surface area contributed by atoms with Crippen LogP contribution < -0.4 is 0 Å². The molecule has 0 heterocycles. The van der Waals surface area contributed by atoms with Gasteiger partial charge in [0.15, 0.2) is 5.41 Å². The van der Waals surface area contributed by atoms with Crippen molar-refractivity contribution in [2.24, 2.45) is 11.3 Å². The molecule has 0 aliphatic rings. The van der Waals surface area contributed by atoms with Crippen molar-refractivity contribution in [2.75, 3.05) is 6.61 Å². The third kappa shape index (κ3) is 6.52. The third-order valence-electron chi connectivity index (χ3n) is 4.28. The molecule has 0 N–H and O–H groups in total. The van der Waals surface area contributed by atoms with Crippen LogP contribution in [0.4, 0.5) is 0 Å². The van der Waals surface area contributed by atoms with Crippen molar-refractivity contribution in [3.05, 3.63) is 35.9 Å². The van der Waals surface area contributed by atoms with Gasteiger partial charge >= 0.3 is 11.9 Å². The van der Waals surface area contributed by atoms with Gasteiger partial charge in [-0.2, -0.15) is 0 Å². The van der Waals surface area contributed by atoms with E-state index in [1.807, 2.05) is 44.2 Å². The molecule has 0 aliphatic heterocycles. The summed E-state index contributed by atoms with van der Waals surface area (Å²) in [5.41, 5.74) is -0.277. The molecule has 0 bridgehead atoms. The van der Waals surface area contributed by atoms with Gasteiger partial charge in [-0.25, -0.2) is 0 Å². The molecule has 0 amide bonds. The van der Waals surface area contributed by atoms with E-state index in [0.29, 0.717) is 25.4 Å². The zero-order valence-corrected chi connectivity index (χ0v) is 16.0. The second-order valence-electron chi connectivity index (χ2n) is 6.96. The van der Waals surface area contributed by atoms with Gasteiger partial charge in [0.1, 0.15) is 6.61 Å². The van der Waals surface area contributed by atoms with Gasteiger partial charge in [-0.05, 0) is 30.7 Å². The summed E-state index contributed by atoms with van der Waals surface area (Å²) in [5.74, 6) is -0.450. The van der Waals surface area contributed by atoms with Gasteiger partial charge in [0.05, 0.1) is 6.61 Å². The van der Waals surface area contributed by atoms with Gasteiger partial charge in [-0.15, -0.1) is 0 Å². The largest absolute Gasteiger partial charge is 0.465 e. The predicted octanol–water partition coefficient (Wildman–Crippen LogP) is 4.91. The predicted molar refractivity (Wildman–Crippen MR) is 98.9 cm³/mol. The number of carbonyl (C=O) groups excluding carboxylic acids is 2. The van der Waals surface area contributed by atoms with E-state index in [-0.39, 0.29) is 6.61 Å². The maximum absolute atomic E-state index is 12.8. The van der Waals surface area contributed by atoms with Crippen LogP contribution in [0.25, 0.3) is 0 Å². The first-order chi connectivity index (χ1) is 12.0. The summed E-state index contributed by atoms with van der Waals surface area (Å²) >= 11 is 0. The van der Waals surface area contributed by atoms with Crippen LogP contribution in [-0.2, 0) is 25.7 Å². The molecule has 0 fully saturated rings. The Labute approximate surface area is 151 Å². The molecule has 4 nitrogen and oxygen atoms in total. The highest BCUT2D eigenvalue weighted by molar-refractivity contribution is 6.00. The van der Waals surface area contributed by atoms with Gasteiger partial charge in [0, 0.05) is 0 Å². The molecule has 1 aromatic carbocycles. The van der Waals surface area contributed by atoms with Gasteiger partial charge in [0.25, 0.3) is 0 Å². The molecule has 1 aromatic rings. The molecule has 0 saturated heterocycles. The molecule has 0 radical (unpaired) electrons. The lowest BCUT2D eigenvalue weighted by molar-refractivity contribution is -0.175. The summed E-state index contributed by atoms with van der Waals surface area (Å²) in [6.45, 7) is 8.61. The summed E-state index contributed by atoms with van der Waals surface area (Å²) in [6.07, 6.45) is 3.14. The molecule has 140 valence electrons. The Morgan fingerprint density at radius 3 is 2.04 bits per heavy atom. The molecule has 25 heavy (non-hydrogen) atoms. The van der Waals surface area contributed by atoms with Gasteiger partial charge in [-0.3, -0.25) is 9.59 Å². The lowest BCUT2D eigenvalue weighted by Crippen LogP contribution is -2.42. The van der Waals surface area contributed by atoms with Crippen molar-refractivity contribution >= 4 is 11.9 Å². The Balaban J connectivity index is 2.84. The average Bonchev–Trinajstić information content (AvgIpc) is 2.59. The summed E-state index contributed by atoms with van der Waals surface area (Å²) in [6, 6.07) is 9.50. The van der Waals surface area contributed by atoms with Gasteiger partial charge in [0.2, 0.25) is 0 Å². The van der Waals surface area contributed by atoms with Crippen molar-refractivity contribution in [3.8, 4) is 0 Å². The fourth-order valence-corrected chi connectivity index (χ4v) is 2.86. The molecule has 0 unspecified atom stereocenters. The van der Waals surface area contributed by atoms with E-state index >= 15 is 0 Å². The Kier molecular flexibility index (Phi) is 9.25. The fourth-order valence-electron chi connectivity index (χ4n) is 2.86. The standard InChI is InChI=1S/C21H32O4/c1-5-13-21(14-6-2,19(22)24-15-12-17(3)4)20(23)25-16-18-10-8-7-9-11-18/h7-11,17H,5-6,12-16H2,1-4H3. The van der Waals surface area contributed by atoms with E-state index < -0.39 is 17.4 Å². The molecule has 0 aromatic heterocycles. The lowest BCUT2D eigenvalue weighted by atomic mass is 9.79.